The van der Waals surface area contributed by atoms with Gasteiger partial charge in [0.25, 0.3) is 0 Å². The Kier molecular flexibility index (Phi) is 5.26. The van der Waals surface area contributed by atoms with Gasteiger partial charge in [-0.1, -0.05) is 30.7 Å². The molecule has 3 aromatic carbocycles. The molecule has 152 valence electrons. The topological polar surface area (TPSA) is 59.1 Å². The van der Waals surface area contributed by atoms with Crippen LogP contribution in [0.2, 0.25) is 0 Å². The van der Waals surface area contributed by atoms with E-state index in [2.05, 4.69) is 10.3 Å². The third kappa shape index (κ3) is 3.78. The average molecular weight is 421 g/mol. The van der Waals surface area contributed by atoms with E-state index in [0.29, 0.717) is 22.3 Å². The van der Waals surface area contributed by atoms with Crippen LogP contribution >= 0.6 is 0 Å². The number of sulfone groups is 1. The SMILES string of the molecule is CCc1ccc(S(=O)(=O)c2cnc3ccc(C)cc3c2Nc2ccc(F)cc2)cc1. The highest BCUT2D eigenvalue weighted by Gasteiger charge is 2.24. The average Bonchev–Trinajstić information content (AvgIpc) is 2.75. The van der Waals surface area contributed by atoms with Crippen LogP contribution in [-0.2, 0) is 16.3 Å². The van der Waals surface area contributed by atoms with Gasteiger partial charge in [0.15, 0.2) is 0 Å². The van der Waals surface area contributed by atoms with Gasteiger partial charge in [-0.25, -0.2) is 12.8 Å². The number of halogens is 1. The fourth-order valence-corrected chi connectivity index (χ4v) is 4.70. The van der Waals surface area contributed by atoms with Crippen molar-refractivity contribution in [1.29, 1.82) is 0 Å². The first-order valence-electron chi connectivity index (χ1n) is 9.64. The summed E-state index contributed by atoms with van der Waals surface area (Å²) in [5, 5.41) is 3.87. The van der Waals surface area contributed by atoms with Crippen molar-refractivity contribution >= 4 is 32.1 Å². The molecular formula is C24H21FN2O2S. The summed E-state index contributed by atoms with van der Waals surface area (Å²) in [5.41, 5.74) is 3.72. The van der Waals surface area contributed by atoms with E-state index < -0.39 is 9.84 Å². The van der Waals surface area contributed by atoms with Crippen LogP contribution in [0, 0.1) is 12.7 Å². The summed E-state index contributed by atoms with van der Waals surface area (Å²) in [7, 11) is -3.83. The van der Waals surface area contributed by atoms with Gasteiger partial charge in [0.1, 0.15) is 10.7 Å². The minimum Gasteiger partial charge on any atom is -0.354 e. The molecule has 4 nitrogen and oxygen atoms in total. The first-order chi connectivity index (χ1) is 14.4. The molecule has 0 bridgehead atoms. The predicted octanol–water partition coefficient (Wildman–Crippen LogP) is 5.82. The van der Waals surface area contributed by atoms with Crippen molar-refractivity contribution in [2.75, 3.05) is 5.32 Å². The van der Waals surface area contributed by atoms with E-state index in [0.717, 1.165) is 17.5 Å². The van der Waals surface area contributed by atoms with Crippen LogP contribution in [-0.4, -0.2) is 13.4 Å². The number of hydrogen-bond donors (Lipinski definition) is 1. The van der Waals surface area contributed by atoms with Crippen molar-refractivity contribution in [3.63, 3.8) is 0 Å². The van der Waals surface area contributed by atoms with Gasteiger partial charge >= 0.3 is 0 Å². The number of aromatic nitrogens is 1. The molecule has 0 saturated carbocycles. The Balaban J connectivity index is 1.92. The molecule has 0 unspecified atom stereocenters. The van der Waals surface area contributed by atoms with Crippen LogP contribution in [0.15, 0.2) is 82.7 Å². The first-order valence-corrected chi connectivity index (χ1v) is 11.1. The number of aryl methyl sites for hydroxylation is 2. The van der Waals surface area contributed by atoms with Gasteiger partial charge in [-0.2, -0.15) is 0 Å². The molecule has 4 aromatic rings. The van der Waals surface area contributed by atoms with E-state index in [-0.39, 0.29) is 15.6 Å². The Labute approximate surface area is 175 Å². The highest BCUT2D eigenvalue weighted by molar-refractivity contribution is 7.91. The van der Waals surface area contributed by atoms with Crippen molar-refractivity contribution in [3.8, 4) is 0 Å². The molecule has 0 aliphatic carbocycles. The first kappa shape index (κ1) is 20.0. The zero-order valence-corrected chi connectivity index (χ0v) is 17.5. The molecule has 6 heteroatoms. The van der Waals surface area contributed by atoms with Gasteiger partial charge in [0.2, 0.25) is 9.84 Å². The molecule has 1 heterocycles. The lowest BCUT2D eigenvalue weighted by atomic mass is 10.1. The standard InChI is InChI=1S/C24H21FN2O2S/c1-3-17-5-11-20(12-6-17)30(28,29)23-15-26-22-13-4-16(2)14-21(22)24(23)27-19-9-7-18(25)8-10-19/h4-15H,3H2,1-2H3,(H,26,27). The zero-order valence-electron chi connectivity index (χ0n) is 16.7. The molecule has 4 rings (SSSR count). The maximum atomic E-state index is 13.5. The van der Waals surface area contributed by atoms with Gasteiger partial charge in [0, 0.05) is 17.3 Å². The van der Waals surface area contributed by atoms with E-state index in [1.54, 1.807) is 24.3 Å². The minimum absolute atomic E-state index is 0.0779. The predicted molar refractivity (Wildman–Crippen MR) is 117 cm³/mol. The highest BCUT2D eigenvalue weighted by atomic mass is 32.2. The molecule has 0 atom stereocenters. The fraction of sp³-hybridized carbons (Fsp3) is 0.125. The Bertz CT molecular complexity index is 1320. The van der Waals surface area contributed by atoms with Crippen LogP contribution in [0.5, 0.6) is 0 Å². The monoisotopic (exact) mass is 420 g/mol. The fourth-order valence-electron chi connectivity index (χ4n) is 3.33. The summed E-state index contributed by atoms with van der Waals surface area (Å²) >= 11 is 0. The number of nitrogens with one attached hydrogen (secondary N) is 1. The summed E-state index contributed by atoms with van der Waals surface area (Å²) < 4.78 is 40.3. The molecule has 0 aliphatic rings. The molecule has 0 saturated heterocycles. The normalized spacial score (nSPS) is 11.6. The molecule has 0 radical (unpaired) electrons. The quantitative estimate of drug-likeness (QED) is 0.442. The lowest BCUT2D eigenvalue weighted by molar-refractivity contribution is 0.596. The molecule has 0 fully saturated rings. The number of fused-ring (bicyclic) bond motifs is 1. The molecular weight excluding hydrogens is 399 g/mol. The molecule has 0 amide bonds. The van der Waals surface area contributed by atoms with Crippen LogP contribution in [0.1, 0.15) is 18.1 Å². The second kappa shape index (κ2) is 7.88. The number of hydrogen-bond acceptors (Lipinski definition) is 4. The molecule has 1 N–H and O–H groups in total. The second-order valence-corrected chi connectivity index (χ2v) is 9.07. The van der Waals surface area contributed by atoms with E-state index in [1.165, 1.54) is 18.3 Å². The molecule has 1 aromatic heterocycles. The number of benzene rings is 3. The van der Waals surface area contributed by atoms with Crippen LogP contribution in [0.4, 0.5) is 15.8 Å². The Hall–Kier alpha value is -3.25. The lowest BCUT2D eigenvalue weighted by Gasteiger charge is -2.16. The van der Waals surface area contributed by atoms with E-state index in [4.69, 9.17) is 0 Å². The van der Waals surface area contributed by atoms with Crippen molar-refractivity contribution < 1.29 is 12.8 Å². The van der Waals surface area contributed by atoms with Crippen molar-refractivity contribution in [3.05, 3.63) is 89.9 Å². The summed E-state index contributed by atoms with van der Waals surface area (Å²) in [5.74, 6) is -0.361. The summed E-state index contributed by atoms with van der Waals surface area (Å²) in [4.78, 5) is 4.67. The Morgan fingerprint density at radius 3 is 2.33 bits per heavy atom. The van der Waals surface area contributed by atoms with Crippen molar-refractivity contribution in [2.45, 2.75) is 30.1 Å². The molecule has 0 spiro atoms. The van der Waals surface area contributed by atoms with E-state index in [9.17, 15) is 12.8 Å². The summed E-state index contributed by atoms with van der Waals surface area (Å²) in [6.07, 6.45) is 2.21. The Morgan fingerprint density at radius 1 is 0.967 bits per heavy atom. The van der Waals surface area contributed by atoms with E-state index in [1.807, 2.05) is 44.2 Å². The third-order valence-corrected chi connectivity index (χ3v) is 6.81. The van der Waals surface area contributed by atoms with Crippen molar-refractivity contribution in [2.24, 2.45) is 0 Å². The van der Waals surface area contributed by atoms with Gasteiger partial charge in [-0.15, -0.1) is 0 Å². The van der Waals surface area contributed by atoms with Crippen LogP contribution in [0.3, 0.4) is 0 Å². The van der Waals surface area contributed by atoms with E-state index >= 15 is 0 Å². The second-order valence-electron chi connectivity index (χ2n) is 7.15. The minimum atomic E-state index is -3.83. The van der Waals surface area contributed by atoms with Crippen LogP contribution in [0.25, 0.3) is 10.9 Å². The number of rotatable bonds is 5. The van der Waals surface area contributed by atoms with Gasteiger partial charge in [0.05, 0.1) is 16.1 Å². The highest BCUT2D eigenvalue weighted by Crippen LogP contribution is 2.35. The van der Waals surface area contributed by atoms with Crippen molar-refractivity contribution in [1.82, 2.24) is 4.98 Å². The smallest absolute Gasteiger partial charge is 0.210 e. The third-order valence-electron chi connectivity index (χ3n) is 5.03. The zero-order chi connectivity index (χ0) is 21.3. The van der Waals surface area contributed by atoms with Gasteiger partial charge in [-0.05, 0) is 67.4 Å². The largest absolute Gasteiger partial charge is 0.354 e. The number of nitrogens with zero attached hydrogens (tertiary/aromatic N) is 1. The van der Waals surface area contributed by atoms with Gasteiger partial charge in [-0.3, -0.25) is 4.98 Å². The maximum Gasteiger partial charge on any atom is 0.210 e. The number of pyridine rings is 1. The lowest BCUT2D eigenvalue weighted by Crippen LogP contribution is -2.07. The van der Waals surface area contributed by atoms with Crippen LogP contribution < -0.4 is 5.32 Å². The molecule has 30 heavy (non-hydrogen) atoms. The summed E-state index contributed by atoms with van der Waals surface area (Å²) in [6, 6.07) is 18.4. The molecule has 0 aliphatic heterocycles. The Morgan fingerprint density at radius 2 is 1.67 bits per heavy atom. The summed E-state index contributed by atoms with van der Waals surface area (Å²) in [6.45, 7) is 3.95. The maximum absolute atomic E-state index is 13.5. The number of anilines is 2. The van der Waals surface area contributed by atoms with Gasteiger partial charge < -0.3 is 5.32 Å².